The van der Waals surface area contributed by atoms with Gasteiger partial charge in [-0.05, 0) is 30.2 Å². The van der Waals surface area contributed by atoms with Gasteiger partial charge in [-0.25, -0.2) is 12.7 Å². The Bertz CT molecular complexity index is 1210. The molecule has 0 aliphatic heterocycles. The molecule has 1 N–H and O–H groups in total. The highest BCUT2D eigenvalue weighted by molar-refractivity contribution is 7.89. The Labute approximate surface area is 185 Å². The minimum Gasteiger partial charge on any atom is -0.319 e. The van der Waals surface area contributed by atoms with Gasteiger partial charge in [0.15, 0.2) is 0 Å². The number of benzene rings is 2. The van der Waals surface area contributed by atoms with Crippen molar-refractivity contribution in [3.8, 4) is 0 Å². The monoisotopic (exact) mass is 466 g/mol. The van der Waals surface area contributed by atoms with E-state index in [1.54, 1.807) is 10.9 Å². The molecular formula is C20H20Cl2N4O3S. The summed E-state index contributed by atoms with van der Waals surface area (Å²) in [7, 11) is -1.09. The van der Waals surface area contributed by atoms with E-state index in [4.69, 9.17) is 23.2 Å². The number of carbonyl (C=O) groups is 1. The number of sulfonamides is 1. The summed E-state index contributed by atoms with van der Waals surface area (Å²) in [4.78, 5) is 12.5. The molecule has 3 aromatic rings. The van der Waals surface area contributed by atoms with Crippen LogP contribution in [0.1, 0.15) is 21.5 Å². The van der Waals surface area contributed by atoms with E-state index in [9.17, 15) is 13.2 Å². The number of hydrogen-bond acceptors (Lipinski definition) is 4. The maximum absolute atomic E-state index is 12.7. The van der Waals surface area contributed by atoms with E-state index in [0.29, 0.717) is 12.2 Å². The molecule has 0 unspecified atom stereocenters. The Balaban J connectivity index is 1.83. The molecule has 1 amide bonds. The molecule has 0 bridgehead atoms. The SMILES string of the molecule is Cc1ccccc1Cn1cc(NC(=O)c2cc(S(=O)(=O)N(C)C)c(Cl)cc2Cl)cn1. The van der Waals surface area contributed by atoms with Gasteiger partial charge in [0.1, 0.15) is 4.90 Å². The number of halogens is 2. The standard InChI is InChI=1S/C20H20Cl2N4O3S/c1-13-6-4-5-7-14(13)11-26-12-15(10-23-26)24-20(27)16-8-19(18(22)9-17(16)21)30(28,29)25(2)3/h4-10,12H,11H2,1-3H3,(H,24,27). The van der Waals surface area contributed by atoms with Crippen LogP contribution in [0.3, 0.4) is 0 Å². The highest BCUT2D eigenvalue weighted by atomic mass is 35.5. The first-order valence-electron chi connectivity index (χ1n) is 8.89. The van der Waals surface area contributed by atoms with E-state index < -0.39 is 15.9 Å². The van der Waals surface area contributed by atoms with Crippen molar-refractivity contribution in [1.82, 2.24) is 14.1 Å². The van der Waals surface area contributed by atoms with E-state index in [2.05, 4.69) is 10.4 Å². The summed E-state index contributed by atoms with van der Waals surface area (Å²) in [5.41, 5.74) is 2.70. The first-order chi connectivity index (χ1) is 14.1. The van der Waals surface area contributed by atoms with Gasteiger partial charge >= 0.3 is 0 Å². The van der Waals surface area contributed by atoms with Crippen LogP contribution in [0.5, 0.6) is 0 Å². The van der Waals surface area contributed by atoms with Gasteiger partial charge in [0.25, 0.3) is 5.91 Å². The largest absolute Gasteiger partial charge is 0.319 e. The Morgan fingerprint density at radius 1 is 1.17 bits per heavy atom. The fraction of sp³-hybridized carbons (Fsp3) is 0.200. The third-order valence-electron chi connectivity index (χ3n) is 4.51. The Morgan fingerprint density at radius 3 is 2.53 bits per heavy atom. The predicted molar refractivity (Wildman–Crippen MR) is 118 cm³/mol. The number of carbonyl (C=O) groups excluding carboxylic acids is 1. The molecule has 158 valence electrons. The lowest BCUT2D eigenvalue weighted by molar-refractivity contribution is 0.102. The number of amides is 1. The summed E-state index contributed by atoms with van der Waals surface area (Å²) < 4.78 is 27.6. The maximum Gasteiger partial charge on any atom is 0.257 e. The maximum atomic E-state index is 12.7. The fourth-order valence-electron chi connectivity index (χ4n) is 2.77. The van der Waals surface area contributed by atoms with Crippen LogP contribution in [-0.2, 0) is 16.6 Å². The van der Waals surface area contributed by atoms with Crippen LogP contribution in [0.15, 0.2) is 53.7 Å². The van der Waals surface area contributed by atoms with Gasteiger partial charge in [0, 0.05) is 20.3 Å². The van der Waals surface area contributed by atoms with E-state index in [1.165, 1.54) is 32.4 Å². The molecule has 0 aliphatic rings. The zero-order valence-corrected chi connectivity index (χ0v) is 18.9. The second-order valence-electron chi connectivity index (χ2n) is 6.86. The third-order valence-corrected chi connectivity index (χ3v) is 7.10. The van der Waals surface area contributed by atoms with Gasteiger partial charge in [-0.2, -0.15) is 5.10 Å². The van der Waals surface area contributed by atoms with Crippen molar-refractivity contribution in [3.63, 3.8) is 0 Å². The molecular weight excluding hydrogens is 447 g/mol. The van der Waals surface area contributed by atoms with Crippen LogP contribution in [0, 0.1) is 6.92 Å². The Hall–Kier alpha value is -2.39. The minimum atomic E-state index is -3.84. The number of hydrogen-bond donors (Lipinski definition) is 1. The average Bonchev–Trinajstić information content (AvgIpc) is 3.10. The second kappa shape index (κ2) is 8.77. The molecule has 0 radical (unpaired) electrons. The third kappa shape index (κ3) is 4.67. The number of aryl methyl sites for hydroxylation is 1. The molecule has 0 aliphatic carbocycles. The van der Waals surface area contributed by atoms with Crippen molar-refractivity contribution in [3.05, 3.63) is 75.5 Å². The zero-order valence-electron chi connectivity index (χ0n) is 16.6. The molecule has 2 aromatic carbocycles. The molecule has 10 heteroatoms. The minimum absolute atomic E-state index is 0.00635. The predicted octanol–water partition coefficient (Wildman–Crippen LogP) is 4.05. The molecule has 0 spiro atoms. The lowest BCUT2D eigenvalue weighted by atomic mass is 10.1. The van der Waals surface area contributed by atoms with Crippen LogP contribution in [0.2, 0.25) is 10.0 Å². The molecule has 0 fully saturated rings. The number of anilines is 1. The number of rotatable bonds is 6. The summed E-state index contributed by atoms with van der Waals surface area (Å²) in [6.45, 7) is 2.57. The topological polar surface area (TPSA) is 84.3 Å². The van der Waals surface area contributed by atoms with Crippen LogP contribution < -0.4 is 5.32 Å². The van der Waals surface area contributed by atoms with Gasteiger partial charge in [0.2, 0.25) is 10.0 Å². The highest BCUT2D eigenvalue weighted by Gasteiger charge is 2.24. The molecule has 0 saturated heterocycles. The van der Waals surface area contributed by atoms with E-state index in [0.717, 1.165) is 15.4 Å². The number of nitrogens with one attached hydrogen (secondary N) is 1. The van der Waals surface area contributed by atoms with E-state index in [-0.39, 0.29) is 20.5 Å². The fourth-order valence-corrected chi connectivity index (χ4v) is 4.50. The van der Waals surface area contributed by atoms with Crippen LogP contribution >= 0.6 is 23.2 Å². The molecule has 3 rings (SSSR count). The van der Waals surface area contributed by atoms with Crippen molar-refractivity contribution in [2.45, 2.75) is 18.4 Å². The molecule has 30 heavy (non-hydrogen) atoms. The summed E-state index contributed by atoms with van der Waals surface area (Å²) in [6.07, 6.45) is 3.20. The molecule has 1 aromatic heterocycles. The van der Waals surface area contributed by atoms with E-state index in [1.807, 2.05) is 31.2 Å². The smallest absolute Gasteiger partial charge is 0.257 e. The van der Waals surface area contributed by atoms with Crippen LogP contribution in [0.25, 0.3) is 0 Å². The van der Waals surface area contributed by atoms with Crippen LogP contribution in [0.4, 0.5) is 5.69 Å². The van der Waals surface area contributed by atoms with Crippen molar-refractivity contribution < 1.29 is 13.2 Å². The lowest BCUT2D eigenvalue weighted by Crippen LogP contribution is -2.23. The van der Waals surface area contributed by atoms with Gasteiger partial charge in [0.05, 0.1) is 34.0 Å². The van der Waals surface area contributed by atoms with Gasteiger partial charge < -0.3 is 5.32 Å². The quantitative estimate of drug-likeness (QED) is 0.593. The molecule has 0 saturated carbocycles. The number of nitrogens with zero attached hydrogens (tertiary/aromatic N) is 3. The summed E-state index contributed by atoms with van der Waals surface area (Å²) in [5.74, 6) is -0.567. The highest BCUT2D eigenvalue weighted by Crippen LogP contribution is 2.30. The lowest BCUT2D eigenvalue weighted by Gasteiger charge is -2.14. The Kier molecular flexibility index (Phi) is 6.52. The summed E-state index contributed by atoms with van der Waals surface area (Å²) >= 11 is 12.2. The zero-order chi connectivity index (χ0) is 22.1. The van der Waals surface area contributed by atoms with Crippen molar-refractivity contribution in [2.24, 2.45) is 0 Å². The molecule has 7 nitrogen and oxygen atoms in total. The first kappa shape index (κ1) is 22.3. The van der Waals surface area contributed by atoms with Crippen LogP contribution in [-0.4, -0.2) is 42.5 Å². The second-order valence-corrected chi connectivity index (χ2v) is 9.79. The van der Waals surface area contributed by atoms with Gasteiger partial charge in [-0.1, -0.05) is 47.5 Å². The van der Waals surface area contributed by atoms with Crippen molar-refractivity contribution in [1.29, 1.82) is 0 Å². The molecule has 1 heterocycles. The van der Waals surface area contributed by atoms with Crippen molar-refractivity contribution >= 4 is 44.8 Å². The summed E-state index contributed by atoms with van der Waals surface area (Å²) in [6, 6.07) is 10.4. The van der Waals surface area contributed by atoms with Crippen molar-refractivity contribution in [2.75, 3.05) is 19.4 Å². The number of aromatic nitrogens is 2. The normalized spacial score (nSPS) is 11.7. The van der Waals surface area contributed by atoms with Gasteiger partial charge in [-0.3, -0.25) is 9.48 Å². The first-order valence-corrected chi connectivity index (χ1v) is 11.1. The van der Waals surface area contributed by atoms with E-state index >= 15 is 0 Å². The summed E-state index contributed by atoms with van der Waals surface area (Å²) in [5, 5.41) is 6.94. The molecule has 0 atom stereocenters. The van der Waals surface area contributed by atoms with Gasteiger partial charge in [-0.15, -0.1) is 0 Å². The average molecular weight is 467 g/mol. The Morgan fingerprint density at radius 2 is 1.87 bits per heavy atom.